The lowest BCUT2D eigenvalue weighted by atomic mass is 9.98. The molecule has 0 aromatic heterocycles. The van der Waals surface area contributed by atoms with Crippen LogP contribution in [0.1, 0.15) is 29.5 Å². The van der Waals surface area contributed by atoms with Crippen LogP contribution in [0, 0.1) is 19.8 Å². The monoisotopic (exact) mass is 399 g/mol. The highest BCUT2D eigenvalue weighted by Gasteiger charge is 2.31. The van der Waals surface area contributed by atoms with E-state index in [1.807, 2.05) is 56.3 Å². The largest absolute Gasteiger partial charge is 0.426 e. The minimum atomic E-state index is -3.50. The zero-order valence-corrected chi connectivity index (χ0v) is 17.0. The molecular weight excluding hydrogens is 374 g/mol. The van der Waals surface area contributed by atoms with Crippen LogP contribution in [-0.2, 0) is 14.8 Å². The number of rotatable bonds is 5. The van der Waals surface area contributed by atoms with Crippen molar-refractivity contribution in [3.63, 3.8) is 0 Å². The predicted molar refractivity (Wildman–Crippen MR) is 110 cm³/mol. The maximum Gasteiger partial charge on any atom is 0.314 e. The maximum atomic E-state index is 12.5. The van der Waals surface area contributed by atoms with E-state index >= 15 is 0 Å². The lowest BCUT2D eigenvalue weighted by Crippen LogP contribution is -2.40. The number of carbonyl (C=O) groups is 1. The molecule has 1 saturated heterocycles. The van der Waals surface area contributed by atoms with Gasteiger partial charge in [0, 0.05) is 18.5 Å². The third-order valence-corrected chi connectivity index (χ3v) is 6.49. The summed E-state index contributed by atoms with van der Waals surface area (Å²) in [5.74, 6) is -0.00877. The number of nitrogens with zero attached hydrogens (tertiary/aromatic N) is 1. The first-order valence-corrected chi connectivity index (χ1v) is 10.9. The Hall–Kier alpha value is -2.44. The van der Waals surface area contributed by atoms with Crippen LogP contribution in [0.25, 0.3) is 6.08 Å². The molecule has 0 spiro atoms. The van der Waals surface area contributed by atoms with E-state index in [0.29, 0.717) is 31.7 Å². The van der Waals surface area contributed by atoms with Gasteiger partial charge < -0.3 is 4.74 Å². The molecule has 1 aliphatic heterocycles. The van der Waals surface area contributed by atoms with Gasteiger partial charge in [-0.3, -0.25) is 4.79 Å². The van der Waals surface area contributed by atoms with Gasteiger partial charge >= 0.3 is 5.97 Å². The van der Waals surface area contributed by atoms with Crippen molar-refractivity contribution in [2.45, 2.75) is 26.7 Å². The first-order chi connectivity index (χ1) is 13.3. The lowest BCUT2D eigenvalue weighted by molar-refractivity contribution is -0.140. The number of sulfonamides is 1. The third-order valence-electron chi connectivity index (χ3n) is 4.92. The molecule has 0 saturated carbocycles. The molecular formula is C22H25NO4S. The summed E-state index contributed by atoms with van der Waals surface area (Å²) >= 11 is 0. The van der Waals surface area contributed by atoms with Crippen LogP contribution in [0.3, 0.4) is 0 Å². The first-order valence-electron chi connectivity index (χ1n) is 9.37. The van der Waals surface area contributed by atoms with Crippen LogP contribution in [-0.4, -0.2) is 31.8 Å². The SMILES string of the molecule is Cc1ccc(OC(=O)C2CCN(S(=O)(=O)/C=C/c3ccccc3)CC2)c(C)c1. The minimum absolute atomic E-state index is 0.287. The van der Waals surface area contributed by atoms with E-state index in [9.17, 15) is 13.2 Å². The Labute approximate surface area is 166 Å². The molecule has 0 unspecified atom stereocenters. The van der Waals surface area contributed by atoms with Gasteiger partial charge in [0.05, 0.1) is 5.92 Å². The summed E-state index contributed by atoms with van der Waals surface area (Å²) in [6.45, 7) is 4.52. The Bertz CT molecular complexity index is 959. The fraction of sp³-hybridized carbons (Fsp3) is 0.318. The Balaban J connectivity index is 1.57. The third kappa shape index (κ3) is 5.09. The Morgan fingerprint density at radius 1 is 1.07 bits per heavy atom. The average molecular weight is 400 g/mol. The molecule has 148 valence electrons. The molecule has 1 fully saturated rings. The topological polar surface area (TPSA) is 63.7 Å². The van der Waals surface area contributed by atoms with Gasteiger partial charge in [-0.05, 0) is 50.0 Å². The standard InChI is InChI=1S/C22H25NO4S/c1-17-8-9-21(18(2)16-17)27-22(24)20-10-13-23(14-11-20)28(25,26)15-12-19-6-4-3-5-7-19/h3-9,12,15-16,20H,10-11,13-14H2,1-2H3/b15-12+. The summed E-state index contributed by atoms with van der Waals surface area (Å²) < 4.78 is 32.0. The van der Waals surface area contributed by atoms with E-state index in [1.54, 1.807) is 12.1 Å². The second-order valence-electron chi connectivity index (χ2n) is 7.12. The van der Waals surface area contributed by atoms with Gasteiger partial charge in [0.1, 0.15) is 5.75 Å². The molecule has 0 atom stereocenters. The minimum Gasteiger partial charge on any atom is -0.426 e. The highest BCUT2D eigenvalue weighted by atomic mass is 32.2. The molecule has 2 aromatic rings. The quantitative estimate of drug-likeness (QED) is 0.565. The van der Waals surface area contributed by atoms with E-state index in [4.69, 9.17) is 4.74 Å². The van der Waals surface area contributed by atoms with Crippen LogP contribution in [0.15, 0.2) is 53.9 Å². The molecule has 6 heteroatoms. The molecule has 0 amide bonds. The maximum absolute atomic E-state index is 12.5. The van der Waals surface area contributed by atoms with Gasteiger partial charge in [-0.1, -0.05) is 48.0 Å². The van der Waals surface area contributed by atoms with Gasteiger partial charge in [-0.2, -0.15) is 4.31 Å². The number of carbonyl (C=O) groups excluding carboxylic acids is 1. The number of benzene rings is 2. The smallest absolute Gasteiger partial charge is 0.314 e. The van der Waals surface area contributed by atoms with Gasteiger partial charge in [-0.25, -0.2) is 8.42 Å². The van der Waals surface area contributed by atoms with Crippen molar-refractivity contribution in [1.82, 2.24) is 4.31 Å². The predicted octanol–water partition coefficient (Wildman–Crippen LogP) is 3.92. The van der Waals surface area contributed by atoms with Crippen molar-refractivity contribution >= 4 is 22.1 Å². The summed E-state index contributed by atoms with van der Waals surface area (Å²) in [7, 11) is -3.50. The molecule has 1 aliphatic rings. The van der Waals surface area contributed by atoms with Gasteiger partial charge in [0.2, 0.25) is 10.0 Å². The zero-order valence-electron chi connectivity index (χ0n) is 16.2. The number of aryl methyl sites for hydroxylation is 2. The van der Waals surface area contributed by atoms with E-state index < -0.39 is 10.0 Å². The summed E-state index contributed by atoms with van der Waals surface area (Å²) in [5.41, 5.74) is 2.86. The van der Waals surface area contributed by atoms with Crippen molar-refractivity contribution in [1.29, 1.82) is 0 Å². The van der Waals surface area contributed by atoms with E-state index in [1.165, 1.54) is 9.71 Å². The van der Waals surface area contributed by atoms with E-state index in [0.717, 1.165) is 16.7 Å². The second-order valence-corrected chi connectivity index (χ2v) is 8.94. The molecule has 5 nitrogen and oxygen atoms in total. The van der Waals surface area contributed by atoms with Crippen molar-refractivity contribution in [3.8, 4) is 5.75 Å². The normalized spacial score (nSPS) is 16.4. The molecule has 0 aliphatic carbocycles. The summed E-state index contributed by atoms with van der Waals surface area (Å²) in [6.07, 6.45) is 2.51. The van der Waals surface area contributed by atoms with Crippen LogP contribution < -0.4 is 4.74 Å². The highest BCUT2D eigenvalue weighted by Crippen LogP contribution is 2.25. The van der Waals surface area contributed by atoms with Crippen LogP contribution in [0.5, 0.6) is 5.75 Å². The molecule has 0 N–H and O–H groups in total. The molecule has 1 heterocycles. The van der Waals surface area contributed by atoms with Crippen LogP contribution >= 0.6 is 0 Å². The Morgan fingerprint density at radius 3 is 2.39 bits per heavy atom. The first kappa shape index (κ1) is 20.3. The highest BCUT2D eigenvalue weighted by molar-refractivity contribution is 7.92. The Kier molecular flexibility index (Phi) is 6.31. The number of hydrogen-bond acceptors (Lipinski definition) is 4. The van der Waals surface area contributed by atoms with E-state index in [2.05, 4.69) is 0 Å². The van der Waals surface area contributed by atoms with Crippen molar-refractivity contribution in [2.24, 2.45) is 5.92 Å². The number of piperidine rings is 1. The van der Waals surface area contributed by atoms with E-state index in [-0.39, 0.29) is 11.9 Å². The molecule has 2 aromatic carbocycles. The molecule has 28 heavy (non-hydrogen) atoms. The van der Waals surface area contributed by atoms with Crippen LogP contribution in [0.4, 0.5) is 0 Å². The van der Waals surface area contributed by atoms with Gasteiger partial charge in [0.25, 0.3) is 0 Å². The van der Waals surface area contributed by atoms with Gasteiger partial charge in [0.15, 0.2) is 0 Å². The zero-order chi connectivity index (χ0) is 20.1. The number of ether oxygens (including phenoxy) is 1. The summed E-state index contributed by atoms with van der Waals surface area (Å²) in [5, 5.41) is 1.23. The number of esters is 1. The van der Waals surface area contributed by atoms with Crippen molar-refractivity contribution in [3.05, 3.63) is 70.6 Å². The van der Waals surface area contributed by atoms with Crippen molar-refractivity contribution < 1.29 is 17.9 Å². The van der Waals surface area contributed by atoms with Crippen molar-refractivity contribution in [2.75, 3.05) is 13.1 Å². The molecule has 3 rings (SSSR count). The van der Waals surface area contributed by atoms with Gasteiger partial charge in [-0.15, -0.1) is 0 Å². The fourth-order valence-electron chi connectivity index (χ4n) is 3.27. The fourth-order valence-corrected chi connectivity index (χ4v) is 4.49. The molecule has 0 bridgehead atoms. The number of hydrogen-bond donors (Lipinski definition) is 0. The van der Waals surface area contributed by atoms with Crippen LogP contribution in [0.2, 0.25) is 0 Å². The second kappa shape index (κ2) is 8.71. The lowest BCUT2D eigenvalue weighted by Gasteiger charge is -2.29. The average Bonchev–Trinajstić information content (AvgIpc) is 2.69. The summed E-state index contributed by atoms with van der Waals surface area (Å²) in [4.78, 5) is 12.5. The molecule has 0 radical (unpaired) electrons. The summed E-state index contributed by atoms with van der Waals surface area (Å²) in [6, 6.07) is 15.0. The Morgan fingerprint density at radius 2 is 1.75 bits per heavy atom.